The largest absolute Gasteiger partial charge is 0.497 e. The van der Waals surface area contributed by atoms with E-state index in [1.807, 2.05) is 78.6 Å². The molecule has 1 fully saturated rings. The van der Waals surface area contributed by atoms with E-state index in [2.05, 4.69) is 4.90 Å². The Bertz CT molecular complexity index is 1430. The second-order valence-electron chi connectivity index (χ2n) is 9.48. The molecule has 5 rings (SSSR count). The number of piperazine rings is 1. The molecule has 1 saturated heterocycles. The number of fused-ring (bicyclic) bond motifs is 1. The number of rotatable bonds is 7. The molecule has 0 radical (unpaired) electrons. The van der Waals surface area contributed by atoms with E-state index in [0.29, 0.717) is 41.7 Å². The van der Waals surface area contributed by atoms with Crippen molar-refractivity contribution in [3.63, 3.8) is 0 Å². The Hall–Kier alpha value is -4.11. The molecule has 0 spiro atoms. The van der Waals surface area contributed by atoms with Gasteiger partial charge in [-0.15, -0.1) is 0 Å². The lowest BCUT2D eigenvalue weighted by molar-refractivity contribution is -0.114. The summed E-state index contributed by atoms with van der Waals surface area (Å²) in [7, 11) is 5.00. The minimum atomic E-state index is -0.122. The summed E-state index contributed by atoms with van der Waals surface area (Å²) >= 11 is 1.41. The summed E-state index contributed by atoms with van der Waals surface area (Å²) in [6.07, 6.45) is 1.85. The van der Waals surface area contributed by atoms with E-state index >= 15 is 0 Å². The molecule has 0 bridgehead atoms. The van der Waals surface area contributed by atoms with Gasteiger partial charge in [0.1, 0.15) is 5.75 Å². The summed E-state index contributed by atoms with van der Waals surface area (Å²) in [4.78, 5) is 33.9. The molecule has 2 aliphatic heterocycles. The number of carbonyl (C=O) groups excluding carboxylic acids is 2. The zero-order chi connectivity index (χ0) is 28.2. The Labute approximate surface area is 239 Å². The van der Waals surface area contributed by atoms with E-state index in [9.17, 15) is 9.59 Å². The van der Waals surface area contributed by atoms with Gasteiger partial charge in [0, 0.05) is 49.4 Å². The highest BCUT2D eigenvalue weighted by molar-refractivity contribution is 8.04. The van der Waals surface area contributed by atoms with Crippen molar-refractivity contribution in [3.05, 3.63) is 76.7 Å². The number of nitrogens with zero attached hydrogens (tertiary/aromatic N) is 3. The average molecular weight is 560 g/mol. The molecule has 2 heterocycles. The number of amides is 2. The first-order chi connectivity index (χ1) is 19.4. The molecule has 0 aliphatic carbocycles. The van der Waals surface area contributed by atoms with Crippen molar-refractivity contribution < 1.29 is 23.8 Å². The van der Waals surface area contributed by atoms with Crippen LogP contribution in [0, 0.1) is 0 Å². The van der Waals surface area contributed by atoms with E-state index < -0.39 is 0 Å². The van der Waals surface area contributed by atoms with Crippen LogP contribution in [0.2, 0.25) is 0 Å². The third-order valence-electron chi connectivity index (χ3n) is 7.09. The second kappa shape index (κ2) is 12.0. The number of anilines is 2. The Balaban J connectivity index is 1.29. The molecule has 0 unspecified atom stereocenters. The molecule has 0 aromatic heterocycles. The van der Waals surface area contributed by atoms with Gasteiger partial charge in [-0.25, -0.2) is 0 Å². The van der Waals surface area contributed by atoms with E-state index in [4.69, 9.17) is 14.2 Å². The summed E-state index contributed by atoms with van der Waals surface area (Å²) in [5, 5.41) is 0. The van der Waals surface area contributed by atoms with Gasteiger partial charge in [0.05, 0.1) is 31.4 Å². The Morgan fingerprint density at radius 3 is 2.35 bits per heavy atom. The van der Waals surface area contributed by atoms with Gasteiger partial charge >= 0.3 is 0 Å². The van der Waals surface area contributed by atoms with Crippen LogP contribution in [0.15, 0.2) is 70.5 Å². The normalized spacial score (nSPS) is 16.1. The zero-order valence-corrected chi connectivity index (χ0v) is 24.0. The lowest BCUT2D eigenvalue weighted by atomic mass is 10.1. The van der Waals surface area contributed by atoms with Crippen LogP contribution in [0.3, 0.4) is 0 Å². The van der Waals surface area contributed by atoms with Crippen LogP contribution in [0.1, 0.15) is 22.8 Å². The predicted molar refractivity (Wildman–Crippen MR) is 159 cm³/mol. The fourth-order valence-electron chi connectivity index (χ4n) is 4.87. The molecule has 2 aliphatic rings. The summed E-state index contributed by atoms with van der Waals surface area (Å²) in [6, 6.07) is 19.2. The highest BCUT2D eigenvalue weighted by atomic mass is 32.2. The molecule has 8 nitrogen and oxygen atoms in total. The molecular weight excluding hydrogens is 526 g/mol. The van der Waals surface area contributed by atoms with Crippen LogP contribution in [0.4, 0.5) is 11.4 Å². The van der Waals surface area contributed by atoms with Gasteiger partial charge in [-0.05, 0) is 73.2 Å². The van der Waals surface area contributed by atoms with Crippen LogP contribution in [0.25, 0.3) is 6.08 Å². The zero-order valence-electron chi connectivity index (χ0n) is 23.2. The van der Waals surface area contributed by atoms with Gasteiger partial charge < -0.3 is 28.9 Å². The van der Waals surface area contributed by atoms with E-state index in [1.54, 1.807) is 26.2 Å². The monoisotopic (exact) mass is 559 g/mol. The number of methoxy groups -OCH3 is 2. The van der Waals surface area contributed by atoms with Gasteiger partial charge in [-0.2, -0.15) is 0 Å². The quantitative estimate of drug-likeness (QED) is 0.370. The van der Waals surface area contributed by atoms with Crippen molar-refractivity contribution in [1.29, 1.82) is 0 Å². The van der Waals surface area contributed by atoms with Crippen LogP contribution < -0.4 is 24.0 Å². The maximum atomic E-state index is 13.4. The van der Waals surface area contributed by atoms with Gasteiger partial charge in [0.15, 0.2) is 11.5 Å². The minimum absolute atomic E-state index is 0.0224. The summed E-state index contributed by atoms with van der Waals surface area (Å²) in [5.41, 5.74) is 3.28. The summed E-state index contributed by atoms with van der Waals surface area (Å²) < 4.78 is 16.3. The number of likely N-dealkylation sites (N-methyl/N-ethyl adjacent to an activating group) is 1. The van der Waals surface area contributed by atoms with E-state index in [-0.39, 0.29) is 11.8 Å². The molecule has 208 valence electrons. The second-order valence-corrected chi connectivity index (χ2v) is 10.6. The third-order valence-corrected chi connectivity index (χ3v) is 8.17. The van der Waals surface area contributed by atoms with E-state index in [1.165, 1.54) is 11.8 Å². The summed E-state index contributed by atoms with van der Waals surface area (Å²) in [6.45, 7) is 5.22. The van der Waals surface area contributed by atoms with Gasteiger partial charge in [0.25, 0.3) is 11.8 Å². The van der Waals surface area contributed by atoms with Crippen LogP contribution in [0.5, 0.6) is 17.2 Å². The smallest absolute Gasteiger partial charge is 0.264 e. The van der Waals surface area contributed by atoms with Crippen LogP contribution in [-0.2, 0) is 4.79 Å². The lowest BCUT2D eigenvalue weighted by Crippen LogP contribution is -2.48. The van der Waals surface area contributed by atoms with Crippen molar-refractivity contribution >= 4 is 41.0 Å². The highest BCUT2D eigenvalue weighted by Gasteiger charge is 2.29. The Morgan fingerprint density at radius 1 is 0.925 bits per heavy atom. The van der Waals surface area contributed by atoms with Gasteiger partial charge in [0.2, 0.25) is 0 Å². The number of hydrogen-bond acceptors (Lipinski definition) is 7. The number of thioether (sulfide) groups is 1. The Kier molecular flexibility index (Phi) is 8.21. The first kappa shape index (κ1) is 27.5. The molecule has 0 saturated carbocycles. The van der Waals surface area contributed by atoms with Crippen molar-refractivity contribution in [2.75, 3.05) is 63.9 Å². The van der Waals surface area contributed by atoms with Gasteiger partial charge in [-0.1, -0.05) is 17.8 Å². The number of ether oxygens (including phenoxy) is 3. The Morgan fingerprint density at radius 2 is 1.68 bits per heavy atom. The molecule has 0 N–H and O–H groups in total. The molecule has 2 amide bonds. The number of hydrogen-bond donors (Lipinski definition) is 0. The van der Waals surface area contributed by atoms with Crippen molar-refractivity contribution in [1.82, 2.24) is 4.90 Å². The minimum Gasteiger partial charge on any atom is -0.497 e. The summed E-state index contributed by atoms with van der Waals surface area (Å²) in [5.74, 6) is 1.96. The van der Waals surface area contributed by atoms with Crippen LogP contribution >= 0.6 is 11.8 Å². The molecule has 40 heavy (non-hydrogen) atoms. The van der Waals surface area contributed by atoms with Gasteiger partial charge in [-0.3, -0.25) is 9.59 Å². The topological polar surface area (TPSA) is 71.6 Å². The molecular formula is C31H33N3O5S. The number of carbonyl (C=O) groups is 2. The molecule has 3 aromatic rings. The first-order valence-corrected chi connectivity index (χ1v) is 14.0. The maximum absolute atomic E-state index is 13.4. The molecule has 3 aromatic carbocycles. The SMILES string of the molecule is CCOc1ccc(C=C2Sc3ccc(C(=O)N4CCN(c5ccc(OC)cc5)CC4)cc3N(C)C2=O)cc1OC. The molecule has 9 heteroatoms. The lowest BCUT2D eigenvalue weighted by Gasteiger charge is -2.36. The van der Waals surface area contributed by atoms with E-state index in [0.717, 1.165) is 40.7 Å². The molecule has 0 atom stereocenters. The standard InChI is InChI=1S/C31H33N3O5S/c1-5-39-26-12-6-21(18-27(26)38-4)19-29-31(36)32(2)25-20-22(7-13-28(25)40-29)30(35)34-16-14-33(15-17-34)23-8-10-24(37-3)11-9-23/h6-13,18-20H,5,14-17H2,1-4H3. The van der Waals surface area contributed by atoms with Crippen molar-refractivity contribution in [3.8, 4) is 17.2 Å². The maximum Gasteiger partial charge on any atom is 0.264 e. The van der Waals surface area contributed by atoms with Crippen molar-refractivity contribution in [2.45, 2.75) is 11.8 Å². The fourth-order valence-corrected chi connectivity index (χ4v) is 5.96. The van der Waals surface area contributed by atoms with Crippen LogP contribution in [-0.4, -0.2) is 70.8 Å². The number of benzene rings is 3. The fraction of sp³-hybridized carbons (Fsp3) is 0.290. The van der Waals surface area contributed by atoms with Crippen molar-refractivity contribution in [2.24, 2.45) is 0 Å². The third kappa shape index (κ3) is 5.60. The first-order valence-electron chi connectivity index (χ1n) is 13.2. The average Bonchev–Trinajstić information content (AvgIpc) is 3.00. The highest BCUT2D eigenvalue weighted by Crippen LogP contribution is 2.42. The predicted octanol–water partition coefficient (Wildman–Crippen LogP) is 5.17.